The van der Waals surface area contributed by atoms with Gasteiger partial charge >= 0.3 is 5.97 Å². The topological polar surface area (TPSA) is 38.3 Å². The van der Waals surface area contributed by atoms with Crippen LogP contribution in [0.5, 0.6) is 0 Å². The van der Waals surface area contributed by atoms with Gasteiger partial charge in [-0.15, -0.1) is 0 Å². The Labute approximate surface area is 86.2 Å². The maximum absolute atomic E-state index is 11.1. The summed E-state index contributed by atoms with van der Waals surface area (Å²) < 4.78 is 5.07. The molecule has 0 radical (unpaired) electrons. The largest absolute Gasteiger partial charge is 0.465 e. The first-order valence-corrected chi connectivity index (χ1v) is 5.57. The number of rotatable bonds is 7. The number of nitrogens with one attached hydrogen (secondary N) is 1. The lowest BCUT2D eigenvalue weighted by Gasteiger charge is -2.06. The highest BCUT2D eigenvalue weighted by molar-refractivity contribution is 5.71. The van der Waals surface area contributed by atoms with Gasteiger partial charge in [-0.3, -0.25) is 4.79 Å². The zero-order valence-electron chi connectivity index (χ0n) is 9.21. The third-order valence-corrected chi connectivity index (χ3v) is 2.30. The molecule has 3 nitrogen and oxygen atoms in total. The molecule has 1 saturated carbocycles. The van der Waals surface area contributed by atoms with Crippen molar-refractivity contribution in [3.05, 3.63) is 0 Å². The van der Waals surface area contributed by atoms with Crippen molar-refractivity contribution in [2.45, 2.75) is 45.6 Å². The Kier molecular flexibility index (Phi) is 4.94. The minimum atomic E-state index is -0.111. The second-order valence-corrected chi connectivity index (χ2v) is 4.41. The summed E-state index contributed by atoms with van der Waals surface area (Å²) in [5.74, 6) is 0.582. The highest BCUT2D eigenvalue weighted by Crippen LogP contribution is 2.17. The van der Waals surface area contributed by atoms with Crippen molar-refractivity contribution in [3.63, 3.8) is 0 Å². The molecule has 0 atom stereocenters. The molecule has 0 aliphatic heterocycles. The van der Waals surface area contributed by atoms with E-state index < -0.39 is 0 Å². The Morgan fingerprint density at radius 3 is 2.79 bits per heavy atom. The van der Waals surface area contributed by atoms with E-state index in [1.807, 2.05) is 0 Å². The van der Waals surface area contributed by atoms with Crippen LogP contribution in [0.1, 0.15) is 39.5 Å². The molecular weight excluding hydrogens is 178 g/mol. The summed E-state index contributed by atoms with van der Waals surface area (Å²) in [6, 6.07) is 0.582. The fraction of sp³-hybridized carbons (Fsp3) is 0.909. The van der Waals surface area contributed by atoms with E-state index >= 15 is 0 Å². The van der Waals surface area contributed by atoms with Crippen LogP contribution in [-0.2, 0) is 9.53 Å². The number of hydrogen-bond acceptors (Lipinski definition) is 3. The average molecular weight is 199 g/mol. The monoisotopic (exact) mass is 199 g/mol. The van der Waals surface area contributed by atoms with Gasteiger partial charge in [-0.05, 0) is 31.6 Å². The Hall–Kier alpha value is -0.570. The Balaban J connectivity index is 1.86. The quantitative estimate of drug-likeness (QED) is 0.501. The van der Waals surface area contributed by atoms with Crippen LogP contribution in [0.3, 0.4) is 0 Å². The van der Waals surface area contributed by atoms with E-state index in [0.717, 1.165) is 12.8 Å². The van der Waals surface area contributed by atoms with E-state index in [1.165, 1.54) is 12.8 Å². The van der Waals surface area contributed by atoms with Gasteiger partial charge in [0.05, 0.1) is 13.2 Å². The predicted octanol–water partition coefficient (Wildman–Crippen LogP) is 1.72. The molecule has 0 saturated heterocycles. The summed E-state index contributed by atoms with van der Waals surface area (Å²) in [6.45, 7) is 5.31. The normalized spacial score (nSPS) is 15.9. The van der Waals surface area contributed by atoms with Gasteiger partial charge in [0.2, 0.25) is 0 Å². The third kappa shape index (κ3) is 5.97. The lowest BCUT2D eigenvalue weighted by atomic mass is 10.1. The molecule has 0 spiro atoms. The minimum absolute atomic E-state index is 0.111. The number of carbonyl (C=O) groups is 1. The SMILES string of the molecule is CC(C)CCCOC(=O)CNC1CC1. The summed E-state index contributed by atoms with van der Waals surface area (Å²) >= 11 is 0. The van der Waals surface area contributed by atoms with Crippen LogP contribution in [0, 0.1) is 5.92 Å². The van der Waals surface area contributed by atoms with Crippen molar-refractivity contribution < 1.29 is 9.53 Å². The number of hydrogen-bond donors (Lipinski definition) is 1. The maximum atomic E-state index is 11.1. The highest BCUT2D eigenvalue weighted by Gasteiger charge is 2.21. The fourth-order valence-corrected chi connectivity index (χ4v) is 1.24. The summed E-state index contributed by atoms with van der Waals surface area (Å²) in [7, 11) is 0. The molecule has 0 unspecified atom stereocenters. The van der Waals surface area contributed by atoms with E-state index in [1.54, 1.807) is 0 Å². The van der Waals surface area contributed by atoms with Crippen molar-refractivity contribution in [1.82, 2.24) is 5.32 Å². The molecule has 0 aromatic rings. The van der Waals surface area contributed by atoms with E-state index in [-0.39, 0.29) is 5.97 Å². The molecule has 82 valence electrons. The van der Waals surface area contributed by atoms with Crippen molar-refractivity contribution in [2.24, 2.45) is 5.92 Å². The molecule has 1 aliphatic rings. The van der Waals surface area contributed by atoms with E-state index in [2.05, 4.69) is 19.2 Å². The standard InChI is InChI=1S/C11H21NO2/c1-9(2)4-3-7-14-11(13)8-12-10-5-6-10/h9-10,12H,3-8H2,1-2H3. The van der Waals surface area contributed by atoms with E-state index in [9.17, 15) is 4.79 Å². The molecule has 3 heteroatoms. The molecule has 1 fully saturated rings. The van der Waals surface area contributed by atoms with Gasteiger partial charge in [-0.25, -0.2) is 0 Å². The lowest BCUT2D eigenvalue weighted by Crippen LogP contribution is -2.26. The predicted molar refractivity (Wildman–Crippen MR) is 56.1 cm³/mol. The molecule has 0 amide bonds. The first kappa shape index (κ1) is 11.5. The van der Waals surface area contributed by atoms with Gasteiger partial charge in [0.15, 0.2) is 0 Å². The van der Waals surface area contributed by atoms with Crippen LogP contribution >= 0.6 is 0 Å². The van der Waals surface area contributed by atoms with Gasteiger partial charge in [0, 0.05) is 6.04 Å². The summed E-state index contributed by atoms with van der Waals surface area (Å²) in [5, 5.41) is 3.13. The highest BCUT2D eigenvalue weighted by atomic mass is 16.5. The Morgan fingerprint density at radius 1 is 1.50 bits per heavy atom. The van der Waals surface area contributed by atoms with Crippen LogP contribution in [0.25, 0.3) is 0 Å². The lowest BCUT2D eigenvalue weighted by molar-refractivity contribution is -0.142. The van der Waals surface area contributed by atoms with Crippen molar-refractivity contribution in [2.75, 3.05) is 13.2 Å². The second-order valence-electron chi connectivity index (χ2n) is 4.41. The van der Waals surface area contributed by atoms with Crippen LogP contribution in [-0.4, -0.2) is 25.2 Å². The first-order chi connectivity index (χ1) is 6.68. The fourth-order valence-electron chi connectivity index (χ4n) is 1.24. The molecule has 1 aliphatic carbocycles. The number of esters is 1. The molecule has 0 aromatic carbocycles. The average Bonchev–Trinajstić information content (AvgIpc) is 2.92. The Morgan fingerprint density at radius 2 is 2.21 bits per heavy atom. The van der Waals surface area contributed by atoms with Crippen LogP contribution in [0.4, 0.5) is 0 Å². The van der Waals surface area contributed by atoms with Gasteiger partial charge in [0.1, 0.15) is 0 Å². The second kappa shape index (κ2) is 6.02. The molecule has 1 rings (SSSR count). The minimum Gasteiger partial charge on any atom is -0.465 e. The molecule has 0 bridgehead atoms. The van der Waals surface area contributed by atoms with Gasteiger partial charge < -0.3 is 10.1 Å². The molecule has 14 heavy (non-hydrogen) atoms. The van der Waals surface area contributed by atoms with Gasteiger partial charge in [-0.2, -0.15) is 0 Å². The molecule has 0 heterocycles. The van der Waals surface area contributed by atoms with Gasteiger partial charge in [-0.1, -0.05) is 13.8 Å². The zero-order chi connectivity index (χ0) is 10.4. The van der Waals surface area contributed by atoms with Crippen LogP contribution < -0.4 is 5.32 Å². The Bertz CT molecular complexity index is 176. The summed E-state index contributed by atoms with van der Waals surface area (Å²) in [6.07, 6.45) is 4.53. The first-order valence-electron chi connectivity index (χ1n) is 5.57. The smallest absolute Gasteiger partial charge is 0.319 e. The van der Waals surface area contributed by atoms with Crippen LogP contribution in [0.2, 0.25) is 0 Å². The summed E-state index contributed by atoms with van der Waals surface area (Å²) in [4.78, 5) is 11.1. The number of ether oxygens (including phenoxy) is 1. The molecular formula is C11H21NO2. The molecule has 0 aromatic heterocycles. The number of carbonyl (C=O) groups excluding carboxylic acids is 1. The van der Waals surface area contributed by atoms with E-state index in [0.29, 0.717) is 25.1 Å². The third-order valence-electron chi connectivity index (χ3n) is 2.30. The van der Waals surface area contributed by atoms with Crippen LogP contribution in [0.15, 0.2) is 0 Å². The van der Waals surface area contributed by atoms with Crippen molar-refractivity contribution in [1.29, 1.82) is 0 Å². The summed E-state index contributed by atoms with van der Waals surface area (Å²) in [5.41, 5.74) is 0. The van der Waals surface area contributed by atoms with Crippen molar-refractivity contribution in [3.8, 4) is 0 Å². The zero-order valence-corrected chi connectivity index (χ0v) is 9.21. The molecule has 1 N–H and O–H groups in total. The van der Waals surface area contributed by atoms with E-state index in [4.69, 9.17) is 4.74 Å². The van der Waals surface area contributed by atoms with Gasteiger partial charge in [0.25, 0.3) is 0 Å². The maximum Gasteiger partial charge on any atom is 0.319 e. The van der Waals surface area contributed by atoms with Crippen molar-refractivity contribution >= 4 is 5.97 Å².